The van der Waals surface area contributed by atoms with Crippen LogP contribution in [-0.4, -0.2) is 10.2 Å². The maximum atomic E-state index is 4.13. The molecule has 0 saturated heterocycles. The van der Waals surface area contributed by atoms with Crippen molar-refractivity contribution in [3.8, 4) is 0 Å². The Labute approximate surface area is 75.4 Å². The molecule has 0 spiro atoms. The first-order chi connectivity index (χ1) is 5.68. The average molecular weight is 168 g/mol. The summed E-state index contributed by atoms with van der Waals surface area (Å²) < 4.78 is 0. The van der Waals surface area contributed by atoms with Gasteiger partial charge in [-0.3, -0.25) is 5.10 Å². The summed E-state index contributed by atoms with van der Waals surface area (Å²) in [6.45, 7) is 10.4. The van der Waals surface area contributed by atoms with E-state index in [2.05, 4.69) is 30.1 Å². The third kappa shape index (κ3) is 4.16. The van der Waals surface area contributed by atoms with E-state index in [9.17, 15) is 0 Å². The summed E-state index contributed by atoms with van der Waals surface area (Å²) in [6.07, 6.45) is 1.07. The highest BCUT2D eigenvalue weighted by Gasteiger charge is 1.99. The van der Waals surface area contributed by atoms with Gasteiger partial charge < -0.3 is 0 Å². The van der Waals surface area contributed by atoms with Crippen LogP contribution < -0.4 is 0 Å². The molecule has 0 bridgehead atoms. The molecule has 0 aliphatic carbocycles. The van der Waals surface area contributed by atoms with E-state index < -0.39 is 0 Å². The van der Waals surface area contributed by atoms with Crippen molar-refractivity contribution < 1.29 is 0 Å². The van der Waals surface area contributed by atoms with Crippen LogP contribution in [-0.2, 0) is 6.42 Å². The first-order valence-corrected chi connectivity index (χ1v) is 4.69. The van der Waals surface area contributed by atoms with E-state index in [1.54, 1.807) is 0 Å². The highest BCUT2D eigenvalue weighted by molar-refractivity contribution is 5.06. The molecule has 0 amide bonds. The van der Waals surface area contributed by atoms with Crippen LogP contribution in [0.5, 0.6) is 0 Å². The first kappa shape index (κ1) is 11.2. The molecule has 1 rings (SSSR count). The molecule has 1 aromatic rings. The zero-order chi connectivity index (χ0) is 9.56. The van der Waals surface area contributed by atoms with E-state index in [-0.39, 0.29) is 0 Å². The molecule has 0 unspecified atom stereocenters. The summed E-state index contributed by atoms with van der Waals surface area (Å²) in [5.41, 5.74) is 2.32. The van der Waals surface area contributed by atoms with E-state index >= 15 is 0 Å². The second-order valence-corrected chi connectivity index (χ2v) is 3.14. The predicted octanol–water partition coefficient (Wildman–Crippen LogP) is 2.94. The van der Waals surface area contributed by atoms with Crippen LogP contribution in [0.25, 0.3) is 0 Å². The van der Waals surface area contributed by atoms with Crippen molar-refractivity contribution in [2.24, 2.45) is 5.92 Å². The monoisotopic (exact) mass is 168 g/mol. The number of hydrogen-bond acceptors (Lipinski definition) is 1. The van der Waals surface area contributed by atoms with Crippen LogP contribution in [0.4, 0.5) is 0 Å². The summed E-state index contributed by atoms with van der Waals surface area (Å²) in [5, 5.41) is 7.05. The maximum Gasteiger partial charge on any atom is 0.0627 e. The second-order valence-electron chi connectivity index (χ2n) is 3.14. The van der Waals surface area contributed by atoms with Crippen molar-refractivity contribution >= 4 is 0 Å². The number of hydrogen-bond donors (Lipinski definition) is 1. The zero-order valence-corrected chi connectivity index (χ0v) is 8.81. The predicted molar refractivity (Wildman–Crippen MR) is 53.2 cm³/mol. The molecule has 0 fully saturated rings. The molecule has 2 nitrogen and oxygen atoms in total. The average Bonchev–Trinajstić information content (AvgIpc) is 2.39. The fourth-order valence-corrected chi connectivity index (χ4v) is 0.997. The van der Waals surface area contributed by atoms with Gasteiger partial charge in [-0.1, -0.05) is 27.7 Å². The lowest BCUT2D eigenvalue weighted by Gasteiger charge is -1.97. The van der Waals surface area contributed by atoms with Gasteiger partial charge in [0.2, 0.25) is 0 Å². The third-order valence-corrected chi connectivity index (χ3v) is 1.38. The number of aryl methyl sites for hydroxylation is 1. The van der Waals surface area contributed by atoms with Crippen LogP contribution in [0.3, 0.4) is 0 Å². The Hall–Kier alpha value is -0.790. The molecule has 0 aliphatic rings. The number of H-pyrrole nitrogens is 1. The fraction of sp³-hybridized carbons (Fsp3) is 0.700. The molecule has 0 aliphatic heterocycles. The summed E-state index contributed by atoms with van der Waals surface area (Å²) >= 11 is 0. The summed E-state index contributed by atoms with van der Waals surface area (Å²) in [7, 11) is 0. The Morgan fingerprint density at radius 3 is 2.33 bits per heavy atom. The third-order valence-electron chi connectivity index (χ3n) is 1.38. The van der Waals surface area contributed by atoms with E-state index in [0.717, 1.165) is 12.1 Å². The van der Waals surface area contributed by atoms with E-state index in [1.165, 1.54) is 5.69 Å². The second kappa shape index (κ2) is 5.81. The summed E-state index contributed by atoms with van der Waals surface area (Å²) in [4.78, 5) is 0. The Bertz CT molecular complexity index is 201. The van der Waals surface area contributed by atoms with Crippen LogP contribution in [0.15, 0.2) is 6.07 Å². The molecule has 0 atom stereocenters. The standard InChI is InChI=1S/C8H14N2.C2H6/c1-6(2)4-8-5-7(3)9-10-8;1-2/h5-6H,4H2,1-3H3,(H,9,10);1-2H3. The van der Waals surface area contributed by atoms with Crippen LogP contribution in [0.2, 0.25) is 0 Å². The molecule has 1 aromatic heterocycles. The van der Waals surface area contributed by atoms with Crippen molar-refractivity contribution in [2.45, 2.75) is 41.0 Å². The van der Waals surface area contributed by atoms with Gasteiger partial charge in [0.15, 0.2) is 0 Å². The van der Waals surface area contributed by atoms with Crippen molar-refractivity contribution in [2.75, 3.05) is 0 Å². The minimum Gasteiger partial charge on any atom is -0.283 e. The topological polar surface area (TPSA) is 28.7 Å². The van der Waals surface area contributed by atoms with Crippen LogP contribution >= 0.6 is 0 Å². The molecule has 1 heterocycles. The lowest BCUT2D eigenvalue weighted by Crippen LogP contribution is -1.93. The highest BCUT2D eigenvalue weighted by atomic mass is 15.1. The van der Waals surface area contributed by atoms with Gasteiger partial charge in [-0.2, -0.15) is 5.10 Å². The van der Waals surface area contributed by atoms with Crippen LogP contribution in [0.1, 0.15) is 39.1 Å². The number of aromatic amines is 1. The Morgan fingerprint density at radius 1 is 1.42 bits per heavy atom. The number of nitrogens with one attached hydrogen (secondary N) is 1. The van der Waals surface area contributed by atoms with Gasteiger partial charge in [-0.15, -0.1) is 0 Å². The molecule has 70 valence electrons. The lowest BCUT2D eigenvalue weighted by atomic mass is 10.1. The van der Waals surface area contributed by atoms with Crippen molar-refractivity contribution in [3.05, 3.63) is 17.5 Å². The number of rotatable bonds is 2. The molecule has 0 radical (unpaired) electrons. The number of nitrogens with zero attached hydrogens (tertiary/aromatic N) is 1. The number of aromatic nitrogens is 2. The summed E-state index contributed by atoms with van der Waals surface area (Å²) in [5.74, 6) is 0.697. The lowest BCUT2D eigenvalue weighted by molar-refractivity contribution is 0.633. The van der Waals surface area contributed by atoms with Gasteiger partial charge in [-0.05, 0) is 25.3 Å². The molecule has 0 saturated carbocycles. The SMILES string of the molecule is CC.Cc1cc(CC(C)C)n[nH]1. The van der Waals surface area contributed by atoms with Crippen molar-refractivity contribution in [1.82, 2.24) is 10.2 Å². The van der Waals surface area contributed by atoms with E-state index in [1.807, 2.05) is 20.8 Å². The Kier molecular flexibility index (Phi) is 5.43. The van der Waals surface area contributed by atoms with Gasteiger partial charge in [0.1, 0.15) is 0 Å². The van der Waals surface area contributed by atoms with Crippen LogP contribution in [0, 0.1) is 12.8 Å². The molecule has 12 heavy (non-hydrogen) atoms. The molecule has 1 N–H and O–H groups in total. The van der Waals surface area contributed by atoms with Crippen molar-refractivity contribution in [1.29, 1.82) is 0 Å². The minimum absolute atomic E-state index is 0.697. The van der Waals surface area contributed by atoms with Crippen molar-refractivity contribution in [3.63, 3.8) is 0 Å². The molecular formula is C10H20N2. The van der Waals surface area contributed by atoms with Gasteiger partial charge in [0, 0.05) is 5.69 Å². The molecule has 2 heteroatoms. The van der Waals surface area contributed by atoms with Gasteiger partial charge >= 0.3 is 0 Å². The molecular weight excluding hydrogens is 148 g/mol. The fourth-order valence-electron chi connectivity index (χ4n) is 0.997. The molecule has 0 aromatic carbocycles. The largest absolute Gasteiger partial charge is 0.283 e. The smallest absolute Gasteiger partial charge is 0.0627 e. The zero-order valence-electron chi connectivity index (χ0n) is 8.81. The first-order valence-electron chi connectivity index (χ1n) is 4.69. The normalized spacial score (nSPS) is 9.50. The minimum atomic E-state index is 0.697. The summed E-state index contributed by atoms with van der Waals surface area (Å²) in [6, 6.07) is 2.10. The Balaban J connectivity index is 0.000000561. The van der Waals surface area contributed by atoms with Gasteiger partial charge in [-0.25, -0.2) is 0 Å². The quantitative estimate of drug-likeness (QED) is 0.722. The van der Waals surface area contributed by atoms with E-state index in [0.29, 0.717) is 5.92 Å². The van der Waals surface area contributed by atoms with E-state index in [4.69, 9.17) is 0 Å². The van der Waals surface area contributed by atoms with Gasteiger partial charge in [0.05, 0.1) is 5.69 Å². The maximum absolute atomic E-state index is 4.13. The van der Waals surface area contributed by atoms with Gasteiger partial charge in [0.25, 0.3) is 0 Å². The highest BCUT2D eigenvalue weighted by Crippen LogP contribution is 2.05. The Morgan fingerprint density at radius 2 is 2.00 bits per heavy atom.